The monoisotopic (exact) mass is 285 g/mol. The highest BCUT2D eigenvalue weighted by Crippen LogP contribution is 2.24. The van der Waals surface area contributed by atoms with E-state index in [0.717, 1.165) is 12.2 Å². The van der Waals surface area contributed by atoms with Gasteiger partial charge in [-0.3, -0.25) is 4.68 Å². The van der Waals surface area contributed by atoms with Crippen molar-refractivity contribution >= 4 is 0 Å². The minimum Gasteiger partial charge on any atom is -0.306 e. The van der Waals surface area contributed by atoms with Crippen LogP contribution in [0.1, 0.15) is 56.1 Å². The summed E-state index contributed by atoms with van der Waals surface area (Å²) in [5, 5.41) is 7.95. The zero-order valence-corrected chi connectivity index (χ0v) is 14.1. The summed E-state index contributed by atoms with van der Waals surface area (Å²) in [6.45, 7) is 11.8. The second-order valence-electron chi connectivity index (χ2n) is 6.89. The fourth-order valence-electron chi connectivity index (χ4n) is 2.47. The van der Waals surface area contributed by atoms with Crippen molar-refractivity contribution in [2.75, 3.05) is 0 Å². The number of rotatable bonds is 4. The van der Waals surface area contributed by atoms with Crippen molar-refractivity contribution in [2.45, 2.75) is 52.6 Å². The number of benzene rings is 1. The highest BCUT2D eigenvalue weighted by molar-refractivity contribution is 5.29. The molecule has 3 nitrogen and oxygen atoms in total. The Morgan fingerprint density at radius 3 is 2.29 bits per heavy atom. The Bertz CT molecular complexity index is 588. The molecule has 0 fully saturated rings. The van der Waals surface area contributed by atoms with Crippen LogP contribution in [0.4, 0.5) is 0 Å². The Hall–Kier alpha value is -1.61. The van der Waals surface area contributed by atoms with Crippen LogP contribution in [0.2, 0.25) is 0 Å². The molecule has 1 N–H and O–H groups in total. The maximum Gasteiger partial charge on any atom is 0.0638 e. The van der Waals surface area contributed by atoms with Gasteiger partial charge in [0, 0.05) is 31.4 Å². The van der Waals surface area contributed by atoms with Gasteiger partial charge in [-0.15, -0.1) is 0 Å². The molecule has 1 heterocycles. The fraction of sp³-hybridized carbons (Fsp3) is 0.500. The summed E-state index contributed by atoms with van der Waals surface area (Å²) < 4.78 is 1.87. The summed E-state index contributed by atoms with van der Waals surface area (Å²) in [4.78, 5) is 0. The molecule has 1 aromatic carbocycles. The molecule has 0 saturated heterocycles. The maximum atomic E-state index is 4.38. The van der Waals surface area contributed by atoms with E-state index in [1.165, 1.54) is 16.7 Å². The molecule has 1 aromatic heterocycles. The van der Waals surface area contributed by atoms with Crippen LogP contribution >= 0.6 is 0 Å². The SMILES string of the molecule is Cc1nn(C)cc1CNC(C)c1ccc(C(C)(C)C)cc1. The van der Waals surface area contributed by atoms with Crippen molar-refractivity contribution in [1.29, 1.82) is 0 Å². The first kappa shape index (κ1) is 15.8. The fourth-order valence-corrected chi connectivity index (χ4v) is 2.47. The summed E-state index contributed by atoms with van der Waals surface area (Å²) in [7, 11) is 1.96. The van der Waals surface area contributed by atoms with Crippen molar-refractivity contribution in [3.63, 3.8) is 0 Å². The van der Waals surface area contributed by atoms with E-state index in [1.807, 2.05) is 11.7 Å². The van der Waals surface area contributed by atoms with Gasteiger partial charge < -0.3 is 5.32 Å². The lowest BCUT2D eigenvalue weighted by Gasteiger charge is -2.20. The third-order valence-corrected chi connectivity index (χ3v) is 3.99. The number of hydrogen-bond acceptors (Lipinski definition) is 2. The summed E-state index contributed by atoms with van der Waals surface area (Å²) >= 11 is 0. The molecule has 0 bridgehead atoms. The average Bonchev–Trinajstić information content (AvgIpc) is 2.73. The summed E-state index contributed by atoms with van der Waals surface area (Å²) in [5.41, 5.74) is 5.27. The largest absolute Gasteiger partial charge is 0.306 e. The van der Waals surface area contributed by atoms with Crippen LogP contribution in [-0.2, 0) is 19.0 Å². The summed E-state index contributed by atoms with van der Waals surface area (Å²) in [5.74, 6) is 0. The predicted molar refractivity (Wildman–Crippen MR) is 88.3 cm³/mol. The van der Waals surface area contributed by atoms with E-state index in [9.17, 15) is 0 Å². The third kappa shape index (κ3) is 3.94. The van der Waals surface area contributed by atoms with E-state index in [4.69, 9.17) is 0 Å². The second-order valence-corrected chi connectivity index (χ2v) is 6.89. The number of aryl methyl sites for hydroxylation is 2. The molecule has 114 valence electrons. The van der Waals surface area contributed by atoms with Gasteiger partial charge in [-0.2, -0.15) is 5.10 Å². The van der Waals surface area contributed by atoms with Crippen molar-refractivity contribution in [3.05, 3.63) is 52.8 Å². The molecule has 2 rings (SSSR count). The van der Waals surface area contributed by atoms with Crippen LogP contribution in [0.3, 0.4) is 0 Å². The molecule has 3 heteroatoms. The van der Waals surface area contributed by atoms with Gasteiger partial charge in [0.05, 0.1) is 5.69 Å². The quantitative estimate of drug-likeness (QED) is 0.924. The van der Waals surface area contributed by atoms with Crippen molar-refractivity contribution in [1.82, 2.24) is 15.1 Å². The van der Waals surface area contributed by atoms with E-state index in [1.54, 1.807) is 0 Å². The molecular formula is C18H27N3. The summed E-state index contributed by atoms with van der Waals surface area (Å²) in [6.07, 6.45) is 2.08. The van der Waals surface area contributed by atoms with Gasteiger partial charge in [0.1, 0.15) is 0 Å². The molecule has 21 heavy (non-hydrogen) atoms. The van der Waals surface area contributed by atoms with Crippen LogP contribution in [0.25, 0.3) is 0 Å². The lowest BCUT2D eigenvalue weighted by molar-refractivity contribution is 0.568. The Balaban J connectivity index is 2.00. The van der Waals surface area contributed by atoms with Gasteiger partial charge in [0.2, 0.25) is 0 Å². The van der Waals surface area contributed by atoms with Gasteiger partial charge in [-0.1, -0.05) is 45.0 Å². The first-order valence-corrected chi connectivity index (χ1v) is 7.60. The lowest BCUT2D eigenvalue weighted by atomic mass is 9.86. The number of nitrogens with zero attached hydrogens (tertiary/aromatic N) is 2. The van der Waals surface area contributed by atoms with E-state index >= 15 is 0 Å². The maximum absolute atomic E-state index is 4.38. The van der Waals surface area contributed by atoms with Crippen molar-refractivity contribution < 1.29 is 0 Å². The van der Waals surface area contributed by atoms with Crippen LogP contribution in [0.15, 0.2) is 30.5 Å². The Labute approximate surface area is 128 Å². The number of aromatic nitrogens is 2. The van der Waals surface area contributed by atoms with E-state index in [2.05, 4.69) is 75.5 Å². The highest BCUT2D eigenvalue weighted by atomic mass is 15.2. The molecule has 0 spiro atoms. The molecule has 2 aromatic rings. The highest BCUT2D eigenvalue weighted by Gasteiger charge is 2.14. The zero-order valence-electron chi connectivity index (χ0n) is 14.1. The number of nitrogens with one attached hydrogen (secondary N) is 1. The van der Waals surface area contributed by atoms with E-state index in [-0.39, 0.29) is 5.41 Å². The Morgan fingerprint density at radius 2 is 1.81 bits per heavy atom. The minimum atomic E-state index is 0.210. The van der Waals surface area contributed by atoms with Crippen LogP contribution in [0.5, 0.6) is 0 Å². The average molecular weight is 285 g/mol. The smallest absolute Gasteiger partial charge is 0.0638 e. The second kappa shape index (κ2) is 6.02. The van der Waals surface area contributed by atoms with Crippen LogP contribution < -0.4 is 5.32 Å². The van der Waals surface area contributed by atoms with Gasteiger partial charge in [-0.05, 0) is 30.4 Å². The van der Waals surface area contributed by atoms with Crippen LogP contribution in [0, 0.1) is 6.92 Å². The first-order valence-electron chi connectivity index (χ1n) is 7.60. The molecule has 0 radical (unpaired) electrons. The van der Waals surface area contributed by atoms with Crippen molar-refractivity contribution in [2.24, 2.45) is 7.05 Å². The normalized spacial score (nSPS) is 13.4. The molecular weight excluding hydrogens is 258 g/mol. The third-order valence-electron chi connectivity index (χ3n) is 3.99. The van der Waals surface area contributed by atoms with E-state index in [0.29, 0.717) is 6.04 Å². The standard InChI is InChI=1S/C18H27N3/c1-13(19-11-16-12-21(6)20-14(16)2)15-7-9-17(10-8-15)18(3,4)5/h7-10,12-13,19H,11H2,1-6H3. The molecule has 1 unspecified atom stereocenters. The Morgan fingerprint density at radius 1 is 1.19 bits per heavy atom. The first-order chi connectivity index (χ1) is 9.77. The molecule has 0 saturated carbocycles. The molecule has 1 atom stereocenters. The van der Waals surface area contributed by atoms with Gasteiger partial charge in [0.25, 0.3) is 0 Å². The van der Waals surface area contributed by atoms with Gasteiger partial charge in [0.15, 0.2) is 0 Å². The van der Waals surface area contributed by atoms with Gasteiger partial charge in [-0.25, -0.2) is 0 Å². The zero-order chi connectivity index (χ0) is 15.6. The lowest BCUT2D eigenvalue weighted by Crippen LogP contribution is -2.18. The summed E-state index contributed by atoms with van der Waals surface area (Å²) in [6, 6.07) is 9.27. The molecule has 0 amide bonds. The topological polar surface area (TPSA) is 29.9 Å². The minimum absolute atomic E-state index is 0.210. The van der Waals surface area contributed by atoms with Gasteiger partial charge >= 0.3 is 0 Å². The van der Waals surface area contributed by atoms with E-state index < -0.39 is 0 Å². The number of hydrogen-bond donors (Lipinski definition) is 1. The van der Waals surface area contributed by atoms with Crippen LogP contribution in [-0.4, -0.2) is 9.78 Å². The van der Waals surface area contributed by atoms with Crippen molar-refractivity contribution in [3.8, 4) is 0 Å². The predicted octanol–water partition coefficient (Wildman–Crippen LogP) is 3.88. The molecule has 0 aliphatic carbocycles. The molecule has 0 aliphatic heterocycles. The Kier molecular flexibility index (Phi) is 4.52. The molecule has 0 aliphatic rings.